The molecule has 1 unspecified atom stereocenters. The van der Waals surface area contributed by atoms with Crippen molar-refractivity contribution in [1.82, 2.24) is 10.6 Å². The first-order valence-electron chi connectivity index (χ1n) is 10.6. The van der Waals surface area contributed by atoms with Gasteiger partial charge >= 0.3 is 0 Å². The Bertz CT molecular complexity index is 819. The molecular formula is C22H26ClN3O2S. The number of hydrogen-bond donors (Lipinski definition) is 2. The summed E-state index contributed by atoms with van der Waals surface area (Å²) in [6, 6.07) is 6.32. The van der Waals surface area contributed by atoms with E-state index in [2.05, 4.69) is 15.6 Å². The molecule has 1 heterocycles. The second kappa shape index (κ2) is 7.62. The number of halogens is 1. The summed E-state index contributed by atoms with van der Waals surface area (Å²) >= 11 is 7.54. The van der Waals surface area contributed by atoms with Gasteiger partial charge in [-0.05, 0) is 80.5 Å². The fourth-order valence-corrected chi connectivity index (χ4v) is 7.29. The summed E-state index contributed by atoms with van der Waals surface area (Å²) in [5.74, 6) is 2.67. The van der Waals surface area contributed by atoms with Crippen molar-refractivity contribution < 1.29 is 9.59 Å². The molecule has 7 heteroatoms. The molecule has 6 rings (SSSR count). The van der Waals surface area contributed by atoms with Crippen LogP contribution in [-0.2, 0) is 4.79 Å². The van der Waals surface area contributed by atoms with Crippen LogP contribution in [0.15, 0.2) is 29.3 Å². The minimum absolute atomic E-state index is 0.109. The van der Waals surface area contributed by atoms with Gasteiger partial charge in [0.1, 0.15) is 6.04 Å². The largest absolute Gasteiger partial charge is 0.340 e. The maximum absolute atomic E-state index is 13.4. The predicted octanol–water partition coefficient (Wildman–Crippen LogP) is 3.87. The van der Waals surface area contributed by atoms with Crippen LogP contribution < -0.4 is 10.6 Å². The SMILES string of the molecule is O=C(NC(C(=O)NC1=NCCS1)C12CC3CC(CC(C3)C1)C2)c1ccc(Cl)cc1. The van der Waals surface area contributed by atoms with E-state index in [1.165, 1.54) is 19.3 Å². The number of thioether (sulfide) groups is 1. The monoisotopic (exact) mass is 431 g/mol. The second-order valence-corrected chi connectivity index (χ2v) is 10.7. The summed E-state index contributed by atoms with van der Waals surface area (Å²) < 4.78 is 0. The van der Waals surface area contributed by atoms with E-state index in [0.29, 0.717) is 33.5 Å². The molecule has 0 spiro atoms. The molecule has 4 aliphatic carbocycles. The lowest BCUT2D eigenvalue weighted by atomic mass is 9.47. The average Bonchev–Trinajstić information content (AvgIpc) is 3.18. The number of amidine groups is 1. The average molecular weight is 432 g/mol. The highest BCUT2D eigenvalue weighted by Gasteiger charge is 2.56. The van der Waals surface area contributed by atoms with E-state index in [0.717, 1.165) is 31.6 Å². The summed E-state index contributed by atoms with van der Waals surface area (Å²) in [5.41, 5.74) is 0.398. The maximum atomic E-state index is 13.4. The van der Waals surface area contributed by atoms with Crippen molar-refractivity contribution in [2.24, 2.45) is 28.2 Å². The van der Waals surface area contributed by atoms with E-state index in [9.17, 15) is 9.59 Å². The molecule has 1 aromatic carbocycles. The molecule has 5 aliphatic rings. The van der Waals surface area contributed by atoms with Crippen molar-refractivity contribution in [3.05, 3.63) is 34.9 Å². The van der Waals surface area contributed by atoms with Crippen LogP contribution in [0.3, 0.4) is 0 Å². The standard InChI is InChI=1S/C22H26ClN3O2S/c23-17-3-1-16(2-4-17)19(27)25-18(20(28)26-21-24-5-6-29-21)22-10-13-7-14(11-22)9-15(8-13)12-22/h1-4,13-15,18H,5-12H2,(H,25,27)(H,24,26,28). The van der Waals surface area contributed by atoms with E-state index in [1.807, 2.05) is 0 Å². The molecule has 0 aromatic heterocycles. The van der Waals surface area contributed by atoms with Gasteiger partial charge in [-0.25, -0.2) is 0 Å². The zero-order valence-electron chi connectivity index (χ0n) is 16.3. The number of nitrogens with one attached hydrogen (secondary N) is 2. The predicted molar refractivity (Wildman–Crippen MR) is 116 cm³/mol. The minimum Gasteiger partial charge on any atom is -0.340 e. The van der Waals surface area contributed by atoms with Gasteiger partial charge in [-0.1, -0.05) is 23.4 Å². The lowest BCUT2D eigenvalue weighted by Crippen LogP contribution is -2.62. The van der Waals surface area contributed by atoms with Gasteiger partial charge in [0.15, 0.2) is 5.17 Å². The van der Waals surface area contributed by atoms with Gasteiger partial charge in [0, 0.05) is 21.8 Å². The lowest BCUT2D eigenvalue weighted by molar-refractivity contribution is -0.133. The Hall–Kier alpha value is -1.53. The minimum atomic E-state index is -0.525. The van der Waals surface area contributed by atoms with Gasteiger partial charge in [0.2, 0.25) is 5.91 Å². The second-order valence-electron chi connectivity index (χ2n) is 9.22. The van der Waals surface area contributed by atoms with Gasteiger partial charge in [-0.2, -0.15) is 0 Å². The Morgan fingerprint density at radius 3 is 2.24 bits per heavy atom. The topological polar surface area (TPSA) is 70.6 Å². The number of nitrogens with zero attached hydrogens (tertiary/aromatic N) is 1. The Kier molecular flexibility index (Phi) is 5.11. The molecule has 0 saturated heterocycles. The first kappa shape index (κ1) is 19.4. The van der Waals surface area contributed by atoms with Crippen LogP contribution in [0.4, 0.5) is 0 Å². The molecule has 1 atom stereocenters. The highest BCUT2D eigenvalue weighted by atomic mass is 35.5. The number of rotatable bonds is 4. The van der Waals surface area contributed by atoms with Crippen LogP contribution in [0, 0.1) is 23.2 Å². The van der Waals surface area contributed by atoms with Crippen LogP contribution in [0.2, 0.25) is 5.02 Å². The van der Waals surface area contributed by atoms with E-state index >= 15 is 0 Å². The number of amides is 2. The molecule has 5 nitrogen and oxygen atoms in total. The molecule has 2 amide bonds. The van der Waals surface area contributed by atoms with E-state index in [-0.39, 0.29) is 17.2 Å². The Balaban J connectivity index is 1.42. The highest BCUT2D eigenvalue weighted by molar-refractivity contribution is 8.14. The third-order valence-corrected chi connectivity index (χ3v) is 8.30. The van der Waals surface area contributed by atoms with Crippen LogP contribution in [0.1, 0.15) is 48.9 Å². The lowest BCUT2D eigenvalue weighted by Gasteiger charge is -2.58. The van der Waals surface area contributed by atoms with Gasteiger partial charge < -0.3 is 10.6 Å². The Morgan fingerprint density at radius 2 is 1.69 bits per heavy atom. The first-order chi connectivity index (χ1) is 14.0. The molecule has 2 N–H and O–H groups in total. The third-order valence-electron chi connectivity index (χ3n) is 7.16. The van der Waals surface area contributed by atoms with Gasteiger partial charge in [0.05, 0.1) is 6.54 Å². The molecule has 1 aromatic rings. The van der Waals surface area contributed by atoms with Crippen molar-refractivity contribution in [3.8, 4) is 0 Å². The molecule has 4 bridgehead atoms. The number of hydrogen-bond acceptors (Lipinski definition) is 4. The number of aliphatic imine (C=N–C) groups is 1. The number of benzene rings is 1. The van der Waals surface area contributed by atoms with Crippen LogP contribution in [0.25, 0.3) is 0 Å². The van der Waals surface area contributed by atoms with Gasteiger partial charge in [-0.15, -0.1) is 0 Å². The maximum Gasteiger partial charge on any atom is 0.251 e. The van der Waals surface area contributed by atoms with E-state index in [4.69, 9.17) is 11.6 Å². The number of carbonyl (C=O) groups excluding carboxylic acids is 2. The summed E-state index contributed by atoms with van der Waals surface area (Å²) in [4.78, 5) is 30.8. The van der Waals surface area contributed by atoms with E-state index < -0.39 is 6.04 Å². The molecule has 29 heavy (non-hydrogen) atoms. The Labute approximate surface area is 180 Å². The summed E-state index contributed by atoms with van der Waals surface area (Å²) in [6.45, 7) is 0.736. The normalized spacial score (nSPS) is 33.3. The molecule has 0 radical (unpaired) electrons. The highest BCUT2D eigenvalue weighted by Crippen LogP contribution is 2.61. The third kappa shape index (κ3) is 3.81. The quantitative estimate of drug-likeness (QED) is 0.760. The molecule has 4 saturated carbocycles. The zero-order valence-corrected chi connectivity index (χ0v) is 17.9. The van der Waals surface area contributed by atoms with Crippen molar-refractivity contribution in [2.75, 3.05) is 12.3 Å². The molecule has 154 valence electrons. The van der Waals surface area contributed by atoms with Crippen molar-refractivity contribution in [1.29, 1.82) is 0 Å². The van der Waals surface area contributed by atoms with Crippen LogP contribution in [-0.4, -0.2) is 35.3 Å². The van der Waals surface area contributed by atoms with E-state index in [1.54, 1.807) is 36.0 Å². The van der Waals surface area contributed by atoms with Gasteiger partial charge in [-0.3, -0.25) is 14.6 Å². The van der Waals surface area contributed by atoms with Crippen LogP contribution in [0.5, 0.6) is 0 Å². The summed E-state index contributed by atoms with van der Waals surface area (Å²) in [6.07, 6.45) is 7.00. The molecule has 1 aliphatic heterocycles. The molecule has 4 fully saturated rings. The van der Waals surface area contributed by atoms with Crippen LogP contribution >= 0.6 is 23.4 Å². The van der Waals surface area contributed by atoms with Crippen molar-refractivity contribution >= 4 is 40.3 Å². The summed E-state index contributed by atoms with van der Waals surface area (Å²) in [7, 11) is 0. The van der Waals surface area contributed by atoms with Crippen molar-refractivity contribution in [3.63, 3.8) is 0 Å². The fraction of sp³-hybridized carbons (Fsp3) is 0.591. The van der Waals surface area contributed by atoms with Gasteiger partial charge in [0.25, 0.3) is 5.91 Å². The smallest absolute Gasteiger partial charge is 0.251 e. The Morgan fingerprint density at radius 1 is 1.07 bits per heavy atom. The summed E-state index contributed by atoms with van der Waals surface area (Å²) in [5, 5.41) is 7.41. The van der Waals surface area contributed by atoms with Crippen molar-refractivity contribution in [2.45, 2.75) is 44.6 Å². The fourth-order valence-electron chi connectivity index (χ4n) is 6.43. The first-order valence-corrected chi connectivity index (χ1v) is 11.9. The molecular weight excluding hydrogens is 406 g/mol. The zero-order chi connectivity index (χ0) is 20.0. The number of carbonyl (C=O) groups is 2.